The zero-order valence-corrected chi connectivity index (χ0v) is 17.4. The standard InChI is InChI=1S/C27H28O4/c1-19(18-29)23(15-16-28)26(30)13-11-21(20-7-3-2-4-8-20)17-22-12-14-27(31)25-10-6-5-9-24(22)25/h2-10,12,14-15,17,26,28-31H,1,11,13,16,18H2/b21-17-,23-15-. The van der Waals surface area contributed by atoms with Gasteiger partial charge in [0.25, 0.3) is 0 Å². The number of hydrogen-bond donors (Lipinski definition) is 4. The molecule has 0 bridgehead atoms. The van der Waals surface area contributed by atoms with Crippen LogP contribution in [0.1, 0.15) is 24.0 Å². The molecule has 0 aliphatic heterocycles. The van der Waals surface area contributed by atoms with E-state index in [-0.39, 0.29) is 19.0 Å². The molecule has 0 fully saturated rings. The quantitative estimate of drug-likeness (QED) is 0.301. The second-order valence-corrected chi connectivity index (χ2v) is 7.41. The van der Waals surface area contributed by atoms with Crippen molar-refractivity contribution in [2.24, 2.45) is 0 Å². The number of phenolic OH excluding ortho intramolecular Hbond substituents is 1. The molecule has 1 atom stereocenters. The van der Waals surface area contributed by atoms with Crippen LogP contribution in [0, 0.1) is 0 Å². The minimum absolute atomic E-state index is 0.230. The molecule has 3 aromatic rings. The largest absolute Gasteiger partial charge is 0.507 e. The Morgan fingerprint density at radius 2 is 1.58 bits per heavy atom. The smallest absolute Gasteiger partial charge is 0.123 e. The third-order valence-electron chi connectivity index (χ3n) is 5.37. The minimum atomic E-state index is -0.851. The van der Waals surface area contributed by atoms with Crippen molar-refractivity contribution < 1.29 is 20.4 Å². The first kappa shape index (κ1) is 22.5. The monoisotopic (exact) mass is 416 g/mol. The zero-order chi connectivity index (χ0) is 22.2. The van der Waals surface area contributed by atoms with Crippen LogP contribution in [0.4, 0.5) is 0 Å². The van der Waals surface area contributed by atoms with Gasteiger partial charge in [-0.05, 0) is 52.1 Å². The van der Waals surface area contributed by atoms with Crippen LogP contribution in [0.25, 0.3) is 22.4 Å². The predicted octanol–water partition coefficient (Wildman–Crippen LogP) is 4.69. The zero-order valence-electron chi connectivity index (χ0n) is 17.4. The van der Waals surface area contributed by atoms with Gasteiger partial charge in [0, 0.05) is 5.39 Å². The van der Waals surface area contributed by atoms with E-state index in [0.717, 1.165) is 27.5 Å². The molecule has 0 saturated carbocycles. The number of aromatic hydroxyl groups is 1. The Balaban J connectivity index is 1.97. The van der Waals surface area contributed by atoms with Gasteiger partial charge >= 0.3 is 0 Å². The van der Waals surface area contributed by atoms with Gasteiger partial charge in [-0.2, -0.15) is 0 Å². The Hall–Kier alpha value is -3.18. The average Bonchev–Trinajstić information content (AvgIpc) is 2.81. The van der Waals surface area contributed by atoms with Crippen molar-refractivity contribution in [2.75, 3.05) is 13.2 Å². The molecule has 0 aliphatic rings. The minimum Gasteiger partial charge on any atom is -0.507 e. The Kier molecular flexibility index (Phi) is 7.79. The van der Waals surface area contributed by atoms with Gasteiger partial charge in [-0.15, -0.1) is 0 Å². The Morgan fingerprint density at radius 1 is 0.903 bits per heavy atom. The normalized spacial score (nSPS) is 13.4. The summed E-state index contributed by atoms with van der Waals surface area (Å²) in [5.74, 6) is 0.241. The summed E-state index contributed by atoms with van der Waals surface area (Å²) in [7, 11) is 0. The molecule has 1 unspecified atom stereocenters. The van der Waals surface area contributed by atoms with E-state index in [2.05, 4.69) is 12.7 Å². The highest BCUT2D eigenvalue weighted by Gasteiger charge is 2.15. The van der Waals surface area contributed by atoms with E-state index in [4.69, 9.17) is 0 Å². The molecule has 0 amide bonds. The lowest BCUT2D eigenvalue weighted by molar-refractivity contribution is 0.199. The summed E-state index contributed by atoms with van der Waals surface area (Å²) >= 11 is 0. The highest BCUT2D eigenvalue weighted by Crippen LogP contribution is 2.32. The molecule has 31 heavy (non-hydrogen) atoms. The fourth-order valence-corrected chi connectivity index (χ4v) is 3.73. The average molecular weight is 417 g/mol. The fraction of sp³-hybridized carbons (Fsp3) is 0.185. The summed E-state index contributed by atoms with van der Waals surface area (Å²) in [4.78, 5) is 0. The fourth-order valence-electron chi connectivity index (χ4n) is 3.73. The SMILES string of the molecule is C=C(CO)/C(=C/CO)C(O)CC/C(=C/c1ccc(O)c2ccccc12)c1ccccc1. The number of phenols is 1. The van der Waals surface area contributed by atoms with E-state index in [1.54, 1.807) is 6.07 Å². The van der Waals surface area contributed by atoms with Crippen LogP contribution in [0.5, 0.6) is 5.75 Å². The van der Waals surface area contributed by atoms with Gasteiger partial charge in [-0.25, -0.2) is 0 Å². The molecule has 0 aromatic heterocycles. The van der Waals surface area contributed by atoms with Gasteiger partial charge in [0.15, 0.2) is 0 Å². The van der Waals surface area contributed by atoms with Crippen molar-refractivity contribution in [2.45, 2.75) is 18.9 Å². The lowest BCUT2D eigenvalue weighted by Crippen LogP contribution is -2.14. The summed E-state index contributed by atoms with van der Waals surface area (Å²) in [6, 6.07) is 21.2. The van der Waals surface area contributed by atoms with E-state index in [9.17, 15) is 20.4 Å². The van der Waals surface area contributed by atoms with Gasteiger partial charge < -0.3 is 20.4 Å². The van der Waals surface area contributed by atoms with Crippen molar-refractivity contribution in [3.05, 3.63) is 102 Å². The van der Waals surface area contributed by atoms with E-state index < -0.39 is 6.10 Å². The number of benzene rings is 3. The summed E-state index contributed by atoms with van der Waals surface area (Å²) in [5, 5.41) is 41.3. The Morgan fingerprint density at radius 3 is 2.26 bits per heavy atom. The molecule has 4 heteroatoms. The number of aliphatic hydroxyl groups excluding tert-OH is 3. The number of rotatable bonds is 9. The molecular formula is C27H28O4. The first-order chi connectivity index (χ1) is 15.0. The molecular weight excluding hydrogens is 388 g/mol. The summed E-state index contributed by atoms with van der Waals surface area (Å²) in [5.41, 5.74) is 3.92. The van der Waals surface area contributed by atoms with Gasteiger partial charge in [-0.1, -0.05) is 79.4 Å². The van der Waals surface area contributed by atoms with Crippen LogP contribution < -0.4 is 0 Å². The van der Waals surface area contributed by atoms with Crippen molar-refractivity contribution in [3.63, 3.8) is 0 Å². The second kappa shape index (κ2) is 10.7. The maximum absolute atomic E-state index is 10.7. The molecule has 160 valence electrons. The first-order valence-electron chi connectivity index (χ1n) is 10.3. The van der Waals surface area contributed by atoms with Crippen LogP contribution in [0.3, 0.4) is 0 Å². The molecule has 3 rings (SSSR count). The van der Waals surface area contributed by atoms with E-state index >= 15 is 0 Å². The third-order valence-corrected chi connectivity index (χ3v) is 5.37. The number of allylic oxidation sites excluding steroid dienone is 1. The van der Waals surface area contributed by atoms with Gasteiger partial charge in [-0.3, -0.25) is 0 Å². The number of hydrogen-bond acceptors (Lipinski definition) is 4. The van der Waals surface area contributed by atoms with Crippen molar-refractivity contribution in [1.82, 2.24) is 0 Å². The van der Waals surface area contributed by atoms with Crippen LogP contribution in [-0.2, 0) is 0 Å². The van der Waals surface area contributed by atoms with Crippen LogP contribution >= 0.6 is 0 Å². The van der Waals surface area contributed by atoms with Crippen LogP contribution in [0.2, 0.25) is 0 Å². The van der Waals surface area contributed by atoms with Gasteiger partial charge in [0.1, 0.15) is 5.75 Å². The van der Waals surface area contributed by atoms with E-state index in [0.29, 0.717) is 24.0 Å². The molecule has 4 N–H and O–H groups in total. The Labute approximate surface area is 182 Å². The van der Waals surface area contributed by atoms with Crippen LogP contribution in [-0.4, -0.2) is 39.7 Å². The molecule has 4 nitrogen and oxygen atoms in total. The highest BCUT2D eigenvalue weighted by molar-refractivity contribution is 5.98. The molecule has 3 aromatic carbocycles. The van der Waals surface area contributed by atoms with Crippen molar-refractivity contribution in [1.29, 1.82) is 0 Å². The van der Waals surface area contributed by atoms with Crippen molar-refractivity contribution in [3.8, 4) is 5.75 Å². The maximum atomic E-state index is 10.7. The summed E-state index contributed by atoms with van der Waals surface area (Å²) < 4.78 is 0. The maximum Gasteiger partial charge on any atom is 0.123 e. The number of aliphatic hydroxyl groups is 3. The molecule has 0 spiro atoms. The van der Waals surface area contributed by atoms with Crippen molar-refractivity contribution >= 4 is 22.4 Å². The topological polar surface area (TPSA) is 80.9 Å². The molecule has 0 aliphatic carbocycles. The molecule has 0 saturated heterocycles. The Bertz CT molecular complexity index is 1100. The summed E-state index contributed by atoms with van der Waals surface area (Å²) in [6.07, 6.45) is 3.70. The van der Waals surface area contributed by atoms with E-state index in [1.807, 2.05) is 60.7 Å². The molecule has 0 radical (unpaired) electrons. The third kappa shape index (κ3) is 5.50. The molecule has 0 heterocycles. The lowest BCUT2D eigenvalue weighted by atomic mass is 9.92. The first-order valence-corrected chi connectivity index (χ1v) is 10.3. The van der Waals surface area contributed by atoms with Gasteiger partial charge in [0.05, 0.1) is 19.3 Å². The highest BCUT2D eigenvalue weighted by atomic mass is 16.3. The number of fused-ring (bicyclic) bond motifs is 1. The van der Waals surface area contributed by atoms with Crippen LogP contribution in [0.15, 0.2) is 90.5 Å². The van der Waals surface area contributed by atoms with Gasteiger partial charge in [0.2, 0.25) is 0 Å². The van der Waals surface area contributed by atoms with E-state index in [1.165, 1.54) is 6.08 Å². The predicted molar refractivity (Wildman–Crippen MR) is 127 cm³/mol. The second-order valence-electron chi connectivity index (χ2n) is 7.41. The lowest BCUT2D eigenvalue weighted by Gasteiger charge is -2.18. The summed E-state index contributed by atoms with van der Waals surface area (Å²) in [6.45, 7) is 3.28.